The van der Waals surface area contributed by atoms with Gasteiger partial charge >= 0.3 is 0 Å². The van der Waals surface area contributed by atoms with E-state index in [1.165, 1.54) is 4.88 Å². The van der Waals surface area contributed by atoms with Crippen molar-refractivity contribution in [1.29, 1.82) is 0 Å². The number of fused-ring (bicyclic) bond motifs is 2. The summed E-state index contributed by atoms with van der Waals surface area (Å²) in [5.41, 5.74) is 2.63. The molecule has 0 radical (unpaired) electrons. The van der Waals surface area contributed by atoms with E-state index in [-0.39, 0.29) is 5.91 Å². The van der Waals surface area contributed by atoms with Crippen LogP contribution >= 0.6 is 22.9 Å². The number of benzene rings is 1. The van der Waals surface area contributed by atoms with Crippen LogP contribution in [0.25, 0.3) is 10.9 Å². The second-order valence-corrected chi connectivity index (χ2v) is 7.16. The SMILES string of the molecule is Cc1nc2c(s1)CN(C(=O)c1cc3c(Cl)cccc3[nH]1)CC2. The van der Waals surface area contributed by atoms with Crippen molar-refractivity contribution >= 4 is 39.7 Å². The highest BCUT2D eigenvalue weighted by atomic mass is 35.5. The normalized spacial score (nSPS) is 14.4. The molecule has 0 atom stereocenters. The van der Waals surface area contributed by atoms with E-state index in [0.29, 0.717) is 23.8 Å². The molecular formula is C16H14ClN3OS. The Kier molecular flexibility index (Phi) is 3.20. The number of hydrogen-bond acceptors (Lipinski definition) is 3. The topological polar surface area (TPSA) is 49.0 Å². The van der Waals surface area contributed by atoms with E-state index in [9.17, 15) is 4.79 Å². The number of aryl methyl sites for hydroxylation is 1. The van der Waals surface area contributed by atoms with Crippen LogP contribution in [0.2, 0.25) is 5.02 Å². The average molecular weight is 332 g/mol. The van der Waals surface area contributed by atoms with Crippen molar-refractivity contribution in [3.05, 3.63) is 50.6 Å². The molecule has 0 aliphatic carbocycles. The van der Waals surface area contributed by atoms with Crippen molar-refractivity contribution in [3.8, 4) is 0 Å². The highest BCUT2D eigenvalue weighted by Gasteiger charge is 2.25. The molecule has 22 heavy (non-hydrogen) atoms. The fourth-order valence-corrected chi connectivity index (χ4v) is 4.13. The van der Waals surface area contributed by atoms with Gasteiger partial charge in [0.15, 0.2) is 0 Å². The first-order chi connectivity index (χ1) is 10.6. The first-order valence-electron chi connectivity index (χ1n) is 7.13. The zero-order chi connectivity index (χ0) is 15.3. The number of thiazole rings is 1. The third-order valence-electron chi connectivity index (χ3n) is 3.97. The maximum Gasteiger partial charge on any atom is 0.270 e. The Labute approximate surface area is 136 Å². The number of aromatic nitrogens is 2. The number of carbonyl (C=O) groups excluding carboxylic acids is 1. The van der Waals surface area contributed by atoms with Crippen LogP contribution in [0.15, 0.2) is 24.3 Å². The lowest BCUT2D eigenvalue weighted by atomic mass is 10.1. The maximum absolute atomic E-state index is 12.7. The molecule has 1 N–H and O–H groups in total. The van der Waals surface area contributed by atoms with Gasteiger partial charge < -0.3 is 9.88 Å². The maximum atomic E-state index is 12.7. The zero-order valence-corrected chi connectivity index (χ0v) is 13.6. The summed E-state index contributed by atoms with van der Waals surface area (Å²) >= 11 is 7.86. The van der Waals surface area contributed by atoms with Crippen LogP contribution in [-0.4, -0.2) is 27.3 Å². The summed E-state index contributed by atoms with van der Waals surface area (Å²) in [6.07, 6.45) is 0.826. The Bertz CT molecular complexity index is 883. The molecule has 0 bridgehead atoms. The van der Waals surface area contributed by atoms with Crippen LogP contribution in [0.1, 0.15) is 26.1 Å². The predicted molar refractivity (Wildman–Crippen MR) is 88.6 cm³/mol. The quantitative estimate of drug-likeness (QED) is 0.737. The monoisotopic (exact) mass is 331 g/mol. The summed E-state index contributed by atoms with van der Waals surface area (Å²) in [5.74, 6) is 0.0176. The Morgan fingerprint density at radius 1 is 1.45 bits per heavy atom. The summed E-state index contributed by atoms with van der Waals surface area (Å²) in [7, 11) is 0. The lowest BCUT2D eigenvalue weighted by Crippen LogP contribution is -2.35. The molecule has 3 aromatic rings. The molecule has 4 nitrogen and oxygen atoms in total. The molecule has 112 valence electrons. The molecule has 2 aromatic heterocycles. The van der Waals surface area contributed by atoms with Crippen LogP contribution in [-0.2, 0) is 13.0 Å². The number of halogens is 1. The minimum absolute atomic E-state index is 0.0176. The van der Waals surface area contributed by atoms with Gasteiger partial charge in [-0.2, -0.15) is 0 Å². The van der Waals surface area contributed by atoms with E-state index in [1.807, 2.05) is 36.1 Å². The van der Waals surface area contributed by atoms with Crippen LogP contribution < -0.4 is 0 Å². The summed E-state index contributed by atoms with van der Waals surface area (Å²) < 4.78 is 0. The third kappa shape index (κ3) is 2.21. The minimum atomic E-state index is 0.0176. The minimum Gasteiger partial charge on any atom is -0.350 e. The molecular weight excluding hydrogens is 318 g/mol. The number of nitrogens with one attached hydrogen (secondary N) is 1. The number of rotatable bonds is 1. The number of H-pyrrole nitrogens is 1. The lowest BCUT2D eigenvalue weighted by molar-refractivity contribution is 0.0731. The molecule has 0 fully saturated rings. The van der Waals surface area contributed by atoms with Crippen LogP contribution in [0.5, 0.6) is 0 Å². The molecule has 0 saturated carbocycles. The third-order valence-corrected chi connectivity index (χ3v) is 5.29. The first kappa shape index (κ1) is 13.8. The molecule has 4 rings (SSSR count). The highest BCUT2D eigenvalue weighted by Crippen LogP contribution is 2.28. The molecule has 1 aromatic carbocycles. The first-order valence-corrected chi connectivity index (χ1v) is 8.33. The van der Waals surface area contributed by atoms with Gasteiger partial charge in [0.05, 0.1) is 17.2 Å². The molecule has 3 heterocycles. The fraction of sp³-hybridized carbons (Fsp3) is 0.250. The molecule has 0 saturated heterocycles. The van der Waals surface area contributed by atoms with Gasteiger partial charge in [-0.15, -0.1) is 11.3 Å². The van der Waals surface area contributed by atoms with E-state index >= 15 is 0 Å². The standard InChI is InChI=1S/C16H14ClN3OS/c1-9-18-13-5-6-20(8-15(13)22-9)16(21)14-7-10-11(17)3-2-4-12(10)19-14/h2-4,7,19H,5-6,8H2,1H3. The average Bonchev–Trinajstić information content (AvgIpc) is 3.08. The molecule has 1 aliphatic rings. The number of carbonyl (C=O) groups is 1. The van der Waals surface area contributed by atoms with Gasteiger partial charge in [-0.3, -0.25) is 4.79 Å². The Morgan fingerprint density at radius 2 is 2.32 bits per heavy atom. The molecule has 1 aliphatic heterocycles. The van der Waals surface area contributed by atoms with Gasteiger partial charge in [0.25, 0.3) is 5.91 Å². The summed E-state index contributed by atoms with van der Waals surface area (Å²) in [6.45, 7) is 3.36. The van der Waals surface area contributed by atoms with Crippen molar-refractivity contribution in [3.63, 3.8) is 0 Å². The zero-order valence-electron chi connectivity index (χ0n) is 12.0. The van der Waals surface area contributed by atoms with Crippen molar-refractivity contribution in [2.24, 2.45) is 0 Å². The van der Waals surface area contributed by atoms with Gasteiger partial charge in [-0.05, 0) is 25.1 Å². The predicted octanol–water partition coefficient (Wildman–Crippen LogP) is 3.78. The van der Waals surface area contributed by atoms with Crippen LogP contribution in [0, 0.1) is 6.92 Å². The lowest BCUT2D eigenvalue weighted by Gasteiger charge is -2.25. The van der Waals surface area contributed by atoms with Crippen molar-refractivity contribution in [2.75, 3.05) is 6.54 Å². The van der Waals surface area contributed by atoms with E-state index in [1.54, 1.807) is 11.3 Å². The van der Waals surface area contributed by atoms with Gasteiger partial charge in [0, 0.05) is 33.8 Å². The van der Waals surface area contributed by atoms with E-state index in [4.69, 9.17) is 11.6 Å². The second kappa shape index (κ2) is 5.11. The molecule has 1 amide bonds. The van der Waals surface area contributed by atoms with Crippen molar-refractivity contribution in [2.45, 2.75) is 19.9 Å². The number of nitrogens with zero attached hydrogens (tertiary/aromatic N) is 2. The molecule has 0 unspecified atom stereocenters. The van der Waals surface area contributed by atoms with E-state index < -0.39 is 0 Å². The highest BCUT2D eigenvalue weighted by molar-refractivity contribution is 7.11. The summed E-state index contributed by atoms with van der Waals surface area (Å²) in [5, 5.41) is 2.61. The Balaban J connectivity index is 1.65. The van der Waals surface area contributed by atoms with Crippen molar-refractivity contribution < 1.29 is 4.79 Å². The Morgan fingerprint density at radius 3 is 3.14 bits per heavy atom. The Hall–Kier alpha value is -1.85. The summed E-state index contributed by atoms with van der Waals surface area (Å²) in [4.78, 5) is 23.5. The van der Waals surface area contributed by atoms with Gasteiger partial charge in [-0.25, -0.2) is 4.98 Å². The van der Waals surface area contributed by atoms with E-state index in [0.717, 1.165) is 28.0 Å². The number of aromatic amines is 1. The largest absolute Gasteiger partial charge is 0.350 e. The second-order valence-electron chi connectivity index (χ2n) is 5.46. The fourth-order valence-electron chi connectivity index (χ4n) is 2.90. The summed E-state index contributed by atoms with van der Waals surface area (Å²) in [6, 6.07) is 7.48. The van der Waals surface area contributed by atoms with E-state index in [2.05, 4.69) is 9.97 Å². The van der Waals surface area contributed by atoms with Crippen molar-refractivity contribution in [1.82, 2.24) is 14.9 Å². The van der Waals surface area contributed by atoms with Gasteiger partial charge in [0.1, 0.15) is 5.69 Å². The number of hydrogen-bond donors (Lipinski definition) is 1. The van der Waals surface area contributed by atoms with Crippen LogP contribution in [0.4, 0.5) is 0 Å². The smallest absolute Gasteiger partial charge is 0.270 e. The van der Waals surface area contributed by atoms with Gasteiger partial charge in [-0.1, -0.05) is 17.7 Å². The van der Waals surface area contributed by atoms with Crippen LogP contribution in [0.3, 0.4) is 0 Å². The molecule has 0 spiro atoms. The molecule has 6 heteroatoms. The van der Waals surface area contributed by atoms with Gasteiger partial charge in [0.2, 0.25) is 0 Å². The number of amides is 1.